The molecule has 2 rings (SSSR count). The third-order valence-corrected chi connectivity index (χ3v) is 3.86. The van der Waals surface area contributed by atoms with Gasteiger partial charge < -0.3 is 25.0 Å². The number of phenols is 1. The first-order chi connectivity index (χ1) is 10.2. The molecular formula is C15H25ClN2O4. The summed E-state index contributed by atoms with van der Waals surface area (Å²) in [6, 6.07) is 3.18. The first-order valence-electron chi connectivity index (χ1n) is 7.21. The van der Waals surface area contributed by atoms with Gasteiger partial charge >= 0.3 is 0 Å². The fourth-order valence-corrected chi connectivity index (χ4v) is 2.88. The molecule has 0 saturated carbocycles. The number of aromatic hydroxyl groups is 1. The number of hydrogen-bond acceptors (Lipinski definition) is 6. The van der Waals surface area contributed by atoms with Crippen molar-refractivity contribution in [3.8, 4) is 17.2 Å². The minimum atomic E-state index is 0. The van der Waals surface area contributed by atoms with Crippen molar-refractivity contribution < 1.29 is 19.7 Å². The number of benzene rings is 1. The second-order valence-electron chi connectivity index (χ2n) is 5.08. The average Bonchev–Trinajstić information content (AvgIpc) is 2.53. The van der Waals surface area contributed by atoms with Gasteiger partial charge in [-0.3, -0.25) is 4.90 Å². The van der Waals surface area contributed by atoms with Crippen LogP contribution in [0.5, 0.6) is 17.2 Å². The topological polar surface area (TPSA) is 74.2 Å². The zero-order chi connectivity index (χ0) is 15.2. The maximum Gasteiger partial charge on any atom is 0.131 e. The predicted octanol–water partition coefficient (Wildman–Crippen LogP) is 1.16. The van der Waals surface area contributed by atoms with Crippen molar-refractivity contribution in [2.24, 2.45) is 0 Å². The molecule has 6 nitrogen and oxygen atoms in total. The first-order valence-corrected chi connectivity index (χ1v) is 7.21. The molecule has 1 aliphatic rings. The molecule has 1 aromatic rings. The first kappa shape index (κ1) is 18.8. The van der Waals surface area contributed by atoms with Gasteiger partial charge in [0.05, 0.1) is 19.8 Å². The number of ether oxygens (including phenoxy) is 2. The number of phenolic OH excluding ortho intramolecular Hbond substituents is 1. The van der Waals surface area contributed by atoms with E-state index in [1.54, 1.807) is 26.4 Å². The van der Waals surface area contributed by atoms with E-state index in [2.05, 4.69) is 10.2 Å². The third kappa shape index (κ3) is 4.16. The van der Waals surface area contributed by atoms with Crippen LogP contribution in [-0.2, 0) is 0 Å². The van der Waals surface area contributed by atoms with E-state index in [0.29, 0.717) is 17.9 Å². The van der Waals surface area contributed by atoms with E-state index in [0.717, 1.165) is 31.7 Å². The van der Waals surface area contributed by atoms with E-state index in [4.69, 9.17) is 9.47 Å². The van der Waals surface area contributed by atoms with E-state index >= 15 is 0 Å². The summed E-state index contributed by atoms with van der Waals surface area (Å²) in [4.78, 5) is 2.31. The Kier molecular flexibility index (Phi) is 7.75. The van der Waals surface area contributed by atoms with E-state index in [9.17, 15) is 10.2 Å². The molecule has 0 aliphatic carbocycles. The number of aliphatic hydroxyl groups excluding tert-OH is 1. The summed E-state index contributed by atoms with van der Waals surface area (Å²) in [5.74, 6) is 1.28. The highest BCUT2D eigenvalue weighted by Gasteiger charge is 2.28. The van der Waals surface area contributed by atoms with Crippen molar-refractivity contribution in [1.82, 2.24) is 10.2 Å². The van der Waals surface area contributed by atoms with Crippen LogP contribution in [0.2, 0.25) is 0 Å². The molecule has 126 valence electrons. The molecule has 0 spiro atoms. The van der Waals surface area contributed by atoms with E-state index < -0.39 is 0 Å². The smallest absolute Gasteiger partial charge is 0.131 e. The van der Waals surface area contributed by atoms with Crippen molar-refractivity contribution in [3.05, 3.63) is 17.7 Å². The summed E-state index contributed by atoms with van der Waals surface area (Å²) < 4.78 is 10.8. The van der Waals surface area contributed by atoms with Gasteiger partial charge in [0.2, 0.25) is 0 Å². The Bertz CT molecular complexity index is 442. The largest absolute Gasteiger partial charge is 0.508 e. The summed E-state index contributed by atoms with van der Waals surface area (Å²) >= 11 is 0. The average molecular weight is 333 g/mol. The second kappa shape index (κ2) is 9.05. The zero-order valence-corrected chi connectivity index (χ0v) is 13.9. The van der Waals surface area contributed by atoms with Gasteiger partial charge in [0.15, 0.2) is 0 Å². The molecule has 1 atom stereocenters. The molecule has 1 aromatic carbocycles. The molecule has 22 heavy (non-hydrogen) atoms. The molecule has 0 bridgehead atoms. The lowest BCUT2D eigenvalue weighted by molar-refractivity contribution is 0.136. The van der Waals surface area contributed by atoms with Gasteiger partial charge in [-0.15, -0.1) is 12.4 Å². The van der Waals surface area contributed by atoms with Crippen LogP contribution in [0, 0.1) is 0 Å². The Labute approximate surface area is 137 Å². The van der Waals surface area contributed by atoms with Gasteiger partial charge in [-0.1, -0.05) is 0 Å². The highest BCUT2D eigenvalue weighted by Crippen LogP contribution is 2.41. The summed E-state index contributed by atoms with van der Waals surface area (Å²) in [6.07, 6.45) is 0.595. The highest BCUT2D eigenvalue weighted by molar-refractivity contribution is 5.85. The third-order valence-electron chi connectivity index (χ3n) is 3.86. The molecule has 1 heterocycles. The minimum absolute atomic E-state index is 0. The Morgan fingerprint density at radius 1 is 1.18 bits per heavy atom. The molecule has 1 aliphatic heterocycles. The Balaban J connectivity index is 0.00000242. The van der Waals surface area contributed by atoms with Crippen molar-refractivity contribution in [1.29, 1.82) is 0 Å². The van der Waals surface area contributed by atoms with Gasteiger partial charge in [-0.25, -0.2) is 0 Å². The van der Waals surface area contributed by atoms with Gasteiger partial charge in [0.25, 0.3) is 0 Å². The molecule has 1 fully saturated rings. The van der Waals surface area contributed by atoms with E-state index in [1.165, 1.54) is 0 Å². The number of hydrogen-bond donors (Lipinski definition) is 3. The maximum absolute atomic E-state index is 9.77. The van der Waals surface area contributed by atoms with Gasteiger partial charge in [0.1, 0.15) is 17.2 Å². The van der Waals surface area contributed by atoms with Crippen molar-refractivity contribution in [2.45, 2.75) is 12.5 Å². The second-order valence-corrected chi connectivity index (χ2v) is 5.08. The number of nitrogens with one attached hydrogen (secondary N) is 1. The normalized spacial score (nSPS) is 16.7. The Hall–Kier alpha value is -1.21. The fourth-order valence-electron chi connectivity index (χ4n) is 2.88. The molecule has 0 amide bonds. The lowest BCUT2D eigenvalue weighted by atomic mass is 9.98. The SMILES string of the molecule is COc1cc(O)cc(OC)c1[C@@H](CCO)N1CCNCC1.Cl. The van der Waals surface area contributed by atoms with Crippen LogP contribution in [0.1, 0.15) is 18.0 Å². The van der Waals surface area contributed by atoms with Crippen LogP contribution in [0.4, 0.5) is 0 Å². The van der Waals surface area contributed by atoms with Crippen molar-refractivity contribution in [3.63, 3.8) is 0 Å². The van der Waals surface area contributed by atoms with Gasteiger partial charge in [0, 0.05) is 51.0 Å². The fraction of sp³-hybridized carbons (Fsp3) is 0.600. The van der Waals surface area contributed by atoms with Crippen LogP contribution >= 0.6 is 12.4 Å². The number of nitrogens with zero attached hydrogens (tertiary/aromatic N) is 1. The molecule has 7 heteroatoms. The molecule has 0 radical (unpaired) electrons. The predicted molar refractivity (Wildman–Crippen MR) is 87.3 cm³/mol. The quantitative estimate of drug-likeness (QED) is 0.726. The molecule has 0 aromatic heterocycles. The lowest BCUT2D eigenvalue weighted by Crippen LogP contribution is -2.45. The molecule has 1 saturated heterocycles. The standard InChI is InChI=1S/C15H24N2O4.ClH/c1-20-13-9-11(19)10-14(21-2)15(13)12(3-8-18)17-6-4-16-5-7-17;/h9-10,12,16,18-19H,3-8H2,1-2H3;1H/t12-;/m1./s1. The zero-order valence-electron chi connectivity index (χ0n) is 13.0. The summed E-state index contributed by atoms with van der Waals surface area (Å²) in [7, 11) is 3.15. The molecule has 3 N–H and O–H groups in total. The maximum atomic E-state index is 9.77. The number of methoxy groups -OCH3 is 2. The summed E-state index contributed by atoms with van der Waals surface area (Å²) in [6.45, 7) is 3.73. The van der Waals surface area contributed by atoms with Crippen molar-refractivity contribution >= 4 is 12.4 Å². The minimum Gasteiger partial charge on any atom is -0.508 e. The van der Waals surface area contributed by atoms with Crippen LogP contribution in [-0.4, -0.2) is 62.1 Å². The van der Waals surface area contributed by atoms with Crippen LogP contribution in [0.25, 0.3) is 0 Å². The monoisotopic (exact) mass is 332 g/mol. The van der Waals surface area contributed by atoms with Gasteiger partial charge in [-0.05, 0) is 6.42 Å². The highest BCUT2D eigenvalue weighted by atomic mass is 35.5. The van der Waals surface area contributed by atoms with Crippen LogP contribution in [0.3, 0.4) is 0 Å². The van der Waals surface area contributed by atoms with Crippen LogP contribution in [0.15, 0.2) is 12.1 Å². The lowest BCUT2D eigenvalue weighted by Gasteiger charge is -2.36. The summed E-state index contributed by atoms with van der Waals surface area (Å²) in [5.41, 5.74) is 0.883. The van der Waals surface area contributed by atoms with Crippen molar-refractivity contribution in [2.75, 3.05) is 47.0 Å². The Morgan fingerprint density at radius 2 is 1.73 bits per heavy atom. The number of halogens is 1. The van der Waals surface area contributed by atoms with Gasteiger partial charge in [-0.2, -0.15) is 0 Å². The Morgan fingerprint density at radius 3 is 2.18 bits per heavy atom. The molecular weight excluding hydrogens is 308 g/mol. The van der Waals surface area contributed by atoms with E-state index in [-0.39, 0.29) is 30.8 Å². The summed E-state index contributed by atoms with van der Waals surface area (Å²) in [5, 5.41) is 22.5. The molecule has 0 unspecified atom stereocenters. The number of rotatable bonds is 6. The van der Waals surface area contributed by atoms with E-state index in [1.807, 2.05) is 0 Å². The number of piperazine rings is 1. The number of aliphatic hydroxyl groups is 1. The van der Waals surface area contributed by atoms with Crippen LogP contribution < -0.4 is 14.8 Å².